The lowest BCUT2D eigenvalue weighted by Crippen LogP contribution is -2.43. The number of amidine groups is 1. The van der Waals surface area contributed by atoms with Gasteiger partial charge in [-0.25, -0.2) is 8.42 Å². The Kier molecular flexibility index (Phi) is 4.29. The molecule has 0 spiro atoms. The van der Waals surface area contributed by atoms with Crippen molar-refractivity contribution in [3.63, 3.8) is 0 Å². The van der Waals surface area contributed by atoms with Crippen LogP contribution < -0.4 is 10.5 Å². The first-order valence-corrected chi connectivity index (χ1v) is 7.87. The van der Waals surface area contributed by atoms with Gasteiger partial charge in [0.2, 0.25) is 10.0 Å². The van der Waals surface area contributed by atoms with Gasteiger partial charge in [-0.2, -0.15) is 4.31 Å². The Labute approximate surface area is 119 Å². The van der Waals surface area contributed by atoms with Crippen molar-refractivity contribution in [3.05, 3.63) is 24.3 Å². The number of methoxy groups -OCH3 is 1. The number of hydrogen-bond donors (Lipinski definition) is 2. The fourth-order valence-electron chi connectivity index (χ4n) is 2.31. The highest BCUT2D eigenvalue weighted by Crippen LogP contribution is 2.24. The number of nitrogens with zero attached hydrogens (tertiary/aromatic N) is 1. The Morgan fingerprint density at radius 2 is 2.05 bits per heavy atom. The molecule has 1 heterocycles. The molecule has 1 saturated heterocycles. The Bertz CT molecular complexity index is 583. The van der Waals surface area contributed by atoms with Crippen molar-refractivity contribution in [2.45, 2.75) is 17.7 Å². The summed E-state index contributed by atoms with van der Waals surface area (Å²) in [6.07, 6.45) is 1.49. The second-order valence-corrected chi connectivity index (χ2v) is 6.77. The number of nitrogens with one attached hydrogen (secondary N) is 1. The number of nitrogens with two attached hydrogens (primary N) is 1. The smallest absolute Gasteiger partial charge is 0.243 e. The third kappa shape index (κ3) is 2.94. The van der Waals surface area contributed by atoms with Crippen molar-refractivity contribution in [2.75, 3.05) is 20.2 Å². The third-order valence-electron chi connectivity index (χ3n) is 3.52. The first-order valence-electron chi connectivity index (χ1n) is 6.43. The SMILES string of the molecule is COc1ccc(S(=O)(=O)N2CCC[C@H](C(=N)N)C2)cc1. The summed E-state index contributed by atoms with van der Waals surface area (Å²) in [6.45, 7) is 0.752. The van der Waals surface area contributed by atoms with Gasteiger partial charge in [-0.1, -0.05) is 0 Å². The zero-order chi connectivity index (χ0) is 14.8. The first kappa shape index (κ1) is 14.8. The van der Waals surface area contributed by atoms with Crippen molar-refractivity contribution in [1.82, 2.24) is 4.31 Å². The van der Waals surface area contributed by atoms with Crippen molar-refractivity contribution in [1.29, 1.82) is 5.41 Å². The molecular formula is C13H19N3O3S. The highest BCUT2D eigenvalue weighted by atomic mass is 32.2. The van der Waals surface area contributed by atoms with Gasteiger partial charge in [-0.15, -0.1) is 0 Å². The van der Waals surface area contributed by atoms with Gasteiger partial charge >= 0.3 is 0 Å². The van der Waals surface area contributed by atoms with Gasteiger partial charge in [-0.3, -0.25) is 5.41 Å². The largest absolute Gasteiger partial charge is 0.497 e. The summed E-state index contributed by atoms with van der Waals surface area (Å²) in [5.74, 6) is 0.487. The second kappa shape index (κ2) is 5.80. The maximum atomic E-state index is 12.5. The average Bonchev–Trinajstić information content (AvgIpc) is 2.47. The predicted molar refractivity (Wildman–Crippen MR) is 76.4 cm³/mol. The normalized spacial score (nSPS) is 20.6. The molecule has 1 atom stereocenters. The molecule has 3 N–H and O–H groups in total. The van der Waals surface area contributed by atoms with E-state index in [-0.39, 0.29) is 23.2 Å². The van der Waals surface area contributed by atoms with Crippen LogP contribution >= 0.6 is 0 Å². The number of piperidine rings is 1. The van der Waals surface area contributed by atoms with Crippen LogP contribution in [0.2, 0.25) is 0 Å². The molecular weight excluding hydrogens is 278 g/mol. The summed E-state index contributed by atoms with van der Waals surface area (Å²) < 4.78 is 31.5. The number of benzene rings is 1. The van der Waals surface area contributed by atoms with Crippen molar-refractivity contribution in [2.24, 2.45) is 11.7 Å². The molecule has 0 unspecified atom stereocenters. The molecule has 1 fully saturated rings. The van der Waals surface area contributed by atoms with E-state index in [2.05, 4.69) is 0 Å². The van der Waals surface area contributed by atoms with Crippen molar-refractivity contribution >= 4 is 15.9 Å². The molecule has 7 heteroatoms. The quantitative estimate of drug-likeness (QED) is 0.641. The van der Waals surface area contributed by atoms with E-state index in [1.807, 2.05) is 0 Å². The van der Waals surface area contributed by atoms with Crippen LogP contribution in [0.4, 0.5) is 0 Å². The topological polar surface area (TPSA) is 96.5 Å². The molecule has 0 bridgehead atoms. The van der Waals surface area contributed by atoms with E-state index in [0.717, 1.165) is 12.8 Å². The lowest BCUT2D eigenvalue weighted by atomic mass is 9.99. The van der Waals surface area contributed by atoms with E-state index in [4.69, 9.17) is 15.9 Å². The minimum Gasteiger partial charge on any atom is -0.497 e. The lowest BCUT2D eigenvalue weighted by molar-refractivity contribution is 0.310. The predicted octanol–water partition coefficient (Wildman–Crippen LogP) is 1.03. The summed E-state index contributed by atoms with van der Waals surface area (Å²) in [5, 5.41) is 7.48. The second-order valence-electron chi connectivity index (χ2n) is 4.83. The standard InChI is InChI=1S/C13H19N3O3S/c1-19-11-4-6-12(7-5-11)20(17,18)16-8-2-3-10(9-16)13(14)15/h4-7,10H,2-3,8-9H2,1H3,(H3,14,15)/t10-/m0/s1. The van der Waals surface area contributed by atoms with Crippen molar-refractivity contribution in [3.8, 4) is 5.75 Å². The van der Waals surface area contributed by atoms with Gasteiger partial charge < -0.3 is 10.5 Å². The van der Waals surface area contributed by atoms with E-state index in [1.54, 1.807) is 12.1 Å². The first-order chi connectivity index (χ1) is 9.45. The van der Waals surface area contributed by atoms with E-state index in [0.29, 0.717) is 12.3 Å². The summed E-state index contributed by atoms with van der Waals surface area (Å²) in [5.41, 5.74) is 5.49. The van der Waals surface area contributed by atoms with Crippen LogP contribution in [0.3, 0.4) is 0 Å². The zero-order valence-electron chi connectivity index (χ0n) is 11.4. The fourth-order valence-corrected chi connectivity index (χ4v) is 3.84. The van der Waals surface area contributed by atoms with Crippen molar-refractivity contribution < 1.29 is 13.2 Å². The fraction of sp³-hybridized carbons (Fsp3) is 0.462. The third-order valence-corrected chi connectivity index (χ3v) is 5.40. The molecule has 1 aliphatic rings. The van der Waals surface area contributed by atoms with Gasteiger partial charge in [0.15, 0.2) is 0 Å². The molecule has 110 valence electrons. The van der Waals surface area contributed by atoms with Gasteiger partial charge in [0.05, 0.1) is 17.8 Å². The van der Waals surface area contributed by atoms with Crippen LogP contribution in [-0.2, 0) is 10.0 Å². The van der Waals surface area contributed by atoms with Gasteiger partial charge in [0.1, 0.15) is 5.75 Å². The van der Waals surface area contributed by atoms with Crippen LogP contribution in [0.5, 0.6) is 5.75 Å². The Hall–Kier alpha value is -1.60. The van der Waals surface area contributed by atoms with Crippen LogP contribution in [0.1, 0.15) is 12.8 Å². The maximum Gasteiger partial charge on any atom is 0.243 e. The summed E-state index contributed by atoms with van der Waals surface area (Å²) in [6, 6.07) is 6.32. The van der Waals surface area contributed by atoms with Gasteiger partial charge in [-0.05, 0) is 37.1 Å². The number of hydrogen-bond acceptors (Lipinski definition) is 4. The average molecular weight is 297 g/mol. The number of rotatable bonds is 4. The minimum atomic E-state index is -3.53. The zero-order valence-corrected chi connectivity index (χ0v) is 12.2. The molecule has 6 nitrogen and oxygen atoms in total. The minimum absolute atomic E-state index is 0.0552. The monoisotopic (exact) mass is 297 g/mol. The molecule has 0 saturated carbocycles. The molecule has 2 rings (SSSR count). The van der Waals surface area contributed by atoms with Crippen LogP contribution in [0, 0.1) is 11.3 Å². The van der Waals surface area contributed by atoms with Crippen LogP contribution in [-0.4, -0.2) is 38.8 Å². The molecule has 0 aromatic heterocycles. The molecule has 0 radical (unpaired) electrons. The summed E-state index contributed by atoms with van der Waals surface area (Å²) in [4.78, 5) is 0.238. The summed E-state index contributed by atoms with van der Waals surface area (Å²) >= 11 is 0. The Balaban J connectivity index is 2.22. The van der Waals surface area contributed by atoms with E-state index in [9.17, 15) is 8.42 Å². The molecule has 1 aromatic rings. The lowest BCUT2D eigenvalue weighted by Gasteiger charge is -2.31. The maximum absolute atomic E-state index is 12.5. The van der Waals surface area contributed by atoms with E-state index in [1.165, 1.54) is 23.5 Å². The molecule has 1 aromatic carbocycles. The molecule has 0 aliphatic carbocycles. The van der Waals surface area contributed by atoms with E-state index < -0.39 is 10.0 Å². The van der Waals surface area contributed by atoms with Crippen LogP contribution in [0.25, 0.3) is 0 Å². The Morgan fingerprint density at radius 3 is 2.60 bits per heavy atom. The Morgan fingerprint density at radius 1 is 1.40 bits per heavy atom. The van der Waals surface area contributed by atoms with E-state index >= 15 is 0 Å². The number of ether oxygens (including phenoxy) is 1. The van der Waals surface area contributed by atoms with Gasteiger partial charge in [0.25, 0.3) is 0 Å². The summed E-state index contributed by atoms with van der Waals surface area (Å²) in [7, 11) is -1.99. The van der Waals surface area contributed by atoms with Crippen LogP contribution in [0.15, 0.2) is 29.2 Å². The molecule has 0 amide bonds. The highest BCUT2D eigenvalue weighted by molar-refractivity contribution is 7.89. The molecule has 20 heavy (non-hydrogen) atoms. The highest BCUT2D eigenvalue weighted by Gasteiger charge is 2.31. The van der Waals surface area contributed by atoms with Gasteiger partial charge in [0, 0.05) is 19.0 Å². The molecule has 1 aliphatic heterocycles. The number of sulfonamides is 1.